The molecule has 3 rings (SSSR count). The zero-order chi connectivity index (χ0) is 19.8. The van der Waals surface area contributed by atoms with Crippen LogP contribution in [0, 0.1) is 5.82 Å². The lowest BCUT2D eigenvalue weighted by Gasteiger charge is -2.41. The van der Waals surface area contributed by atoms with E-state index in [0.29, 0.717) is 6.61 Å². The molecule has 0 radical (unpaired) electrons. The highest BCUT2D eigenvalue weighted by atomic mass is 19.1. The Hall–Kier alpha value is -1.99. The van der Waals surface area contributed by atoms with Gasteiger partial charge in [0.2, 0.25) is 0 Å². The first-order chi connectivity index (χ1) is 13.7. The average Bonchev–Trinajstić information content (AvgIpc) is 2.70. The number of halogens is 1. The lowest BCUT2D eigenvalue weighted by molar-refractivity contribution is 0.0499. The molecule has 0 spiro atoms. The number of rotatable bonds is 9. The monoisotopic (exact) mass is 388 g/mol. The molecule has 1 saturated heterocycles. The Bertz CT molecular complexity index is 726. The van der Waals surface area contributed by atoms with Crippen LogP contribution in [0.5, 0.6) is 5.75 Å². The van der Waals surface area contributed by atoms with Gasteiger partial charge in [-0.1, -0.05) is 24.3 Å². The summed E-state index contributed by atoms with van der Waals surface area (Å²) in [5.41, 5.74) is 2.26. The summed E-state index contributed by atoms with van der Waals surface area (Å²) in [6.45, 7) is 4.76. The van der Waals surface area contributed by atoms with Crippen LogP contribution >= 0.6 is 0 Å². The summed E-state index contributed by atoms with van der Waals surface area (Å²) in [5.74, 6) is 0.555. The number of hydrogen-bond acceptors (Lipinski definition) is 5. The van der Waals surface area contributed by atoms with Crippen LogP contribution in [0.3, 0.4) is 0 Å². The summed E-state index contributed by atoms with van der Waals surface area (Å²) in [4.78, 5) is 4.77. The summed E-state index contributed by atoms with van der Waals surface area (Å²) in [6, 6.07) is 14.9. The maximum Gasteiger partial charge on any atom is 0.123 e. The second kappa shape index (κ2) is 10.5. The zero-order valence-corrected chi connectivity index (χ0v) is 16.1. The van der Waals surface area contributed by atoms with Crippen molar-refractivity contribution in [2.24, 2.45) is 0 Å². The Kier molecular flexibility index (Phi) is 7.80. The highest BCUT2D eigenvalue weighted by Gasteiger charge is 2.26. The van der Waals surface area contributed by atoms with Crippen molar-refractivity contribution in [2.75, 3.05) is 39.5 Å². The number of aliphatic hydroxyl groups excluding tert-OH is 2. The SMILES string of the molecule is OCCOc1cccc(CN2CCN(Cc3ccc(F)cc3)[C@H](CCO)C2)c1. The molecule has 0 aromatic heterocycles. The number of ether oxygens (including phenoxy) is 1. The zero-order valence-electron chi connectivity index (χ0n) is 16.1. The molecule has 6 heteroatoms. The maximum atomic E-state index is 13.1. The number of aliphatic hydroxyl groups is 2. The first-order valence-corrected chi connectivity index (χ1v) is 9.82. The molecule has 1 aliphatic heterocycles. The van der Waals surface area contributed by atoms with Crippen molar-refractivity contribution in [2.45, 2.75) is 25.6 Å². The van der Waals surface area contributed by atoms with Crippen LogP contribution in [-0.2, 0) is 13.1 Å². The Morgan fingerprint density at radius 2 is 1.79 bits per heavy atom. The van der Waals surface area contributed by atoms with Crippen LogP contribution in [0.2, 0.25) is 0 Å². The van der Waals surface area contributed by atoms with Gasteiger partial charge in [0.05, 0.1) is 6.61 Å². The van der Waals surface area contributed by atoms with Crippen LogP contribution in [0.15, 0.2) is 48.5 Å². The average molecular weight is 388 g/mol. The highest BCUT2D eigenvalue weighted by molar-refractivity contribution is 5.28. The fourth-order valence-corrected chi connectivity index (χ4v) is 3.71. The van der Waals surface area contributed by atoms with Crippen molar-refractivity contribution in [1.29, 1.82) is 0 Å². The van der Waals surface area contributed by atoms with Gasteiger partial charge >= 0.3 is 0 Å². The van der Waals surface area contributed by atoms with E-state index in [0.717, 1.165) is 50.5 Å². The fraction of sp³-hybridized carbons (Fsp3) is 0.455. The maximum absolute atomic E-state index is 13.1. The Morgan fingerprint density at radius 3 is 2.54 bits per heavy atom. The van der Waals surface area contributed by atoms with E-state index in [9.17, 15) is 9.50 Å². The third-order valence-corrected chi connectivity index (χ3v) is 5.11. The van der Waals surface area contributed by atoms with Gasteiger partial charge in [-0.15, -0.1) is 0 Å². The minimum absolute atomic E-state index is 0.00306. The molecule has 5 nitrogen and oxygen atoms in total. The van der Waals surface area contributed by atoms with E-state index in [1.54, 1.807) is 0 Å². The van der Waals surface area contributed by atoms with E-state index in [2.05, 4.69) is 15.9 Å². The van der Waals surface area contributed by atoms with Gasteiger partial charge in [0.15, 0.2) is 0 Å². The molecule has 0 aliphatic carbocycles. The largest absolute Gasteiger partial charge is 0.491 e. The van der Waals surface area contributed by atoms with Gasteiger partial charge in [-0.2, -0.15) is 0 Å². The third kappa shape index (κ3) is 6.01. The van der Waals surface area contributed by atoms with E-state index in [1.807, 2.05) is 30.3 Å². The predicted molar refractivity (Wildman–Crippen MR) is 107 cm³/mol. The second-order valence-electron chi connectivity index (χ2n) is 7.22. The summed E-state index contributed by atoms with van der Waals surface area (Å²) in [7, 11) is 0. The van der Waals surface area contributed by atoms with Crippen LogP contribution < -0.4 is 4.74 Å². The molecule has 1 atom stereocenters. The van der Waals surface area contributed by atoms with Crippen molar-refractivity contribution in [3.63, 3.8) is 0 Å². The van der Waals surface area contributed by atoms with E-state index in [-0.39, 0.29) is 25.1 Å². The van der Waals surface area contributed by atoms with E-state index in [1.165, 1.54) is 17.7 Å². The third-order valence-electron chi connectivity index (χ3n) is 5.11. The van der Waals surface area contributed by atoms with Gasteiger partial charge in [-0.25, -0.2) is 4.39 Å². The number of benzene rings is 2. The molecule has 1 heterocycles. The minimum Gasteiger partial charge on any atom is -0.491 e. The molecule has 28 heavy (non-hydrogen) atoms. The number of nitrogens with zero attached hydrogens (tertiary/aromatic N) is 2. The number of hydrogen-bond donors (Lipinski definition) is 2. The molecule has 2 aromatic carbocycles. The Morgan fingerprint density at radius 1 is 0.964 bits per heavy atom. The molecule has 2 N–H and O–H groups in total. The molecule has 0 amide bonds. The van der Waals surface area contributed by atoms with Crippen molar-refractivity contribution < 1.29 is 19.3 Å². The van der Waals surface area contributed by atoms with Gasteiger partial charge in [-0.3, -0.25) is 9.80 Å². The van der Waals surface area contributed by atoms with E-state index < -0.39 is 0 Å². The Balaban J connectivity index is 1.59. The highest BCUT2D eigenvalue weighted by Crippen LogP contribution is 2.20. The normalized spacial score (nSPS) is 18.3. The van der Waals surface area contributed by atoms with Gasteiger partial charge in [-0.05, 0) is 41.8 Å². The minimum atomic E-state index is -0.217. The van der Waals surface area contributed by atoms with Crippen molar-refractivity contribution in [3.05, 3.63) is 65.5 Å². The van der Waals surface area contributed by atoms with Gasteiger partial charge in [0.1, 0.15) is 18.2 Å². The Labute approximate surface area is 166 Å². The van der Waals surface area contributed by atoms with Gasteiger partial charge < -0.3 is 14.9 Å². The standard InChI is InChI=1S/C22H29FN2O3/c23-20-6-4-18(5-7-20)16-25-10-9-24(17-21(25)8-11-26)15-19-2-1-3-22(14-19)28-13-12-27/h1-7,14,21,26-27H,8-13,15-17H2/t21-/m1/s1. The molecular formula is C22H29FN2O3. The smallest absolute Gasteiger partial charge is 0.123 e. The molecule has 1 fully saturated rings. The summed E-state index contributed by atoms with van der Waals surface area (Å²) < 4.78 is 18.6. The van der Waals surface area contributed by atoms with Crippen molar-refractivity contribution in [3.8, 4) is 5.75 Å². The molecule has 152 valence electrons. The number of piperazine rings is 1. The first kappa shape index (κ1) is 20.7. The molecular weight excluding hydrogens is 359 g/mol. The second-order valence-corrected chi connectivity index (χ2v) is 7.22. The van der Waals surface area contributed by atoms with Crippen LogP contribution in [0.25, 0.3) is 0 Å². The van der Waals surface area contributed by atoms with Gasteiger partial charge in [0, 0.05) is 45.4 Å². The summed E-state index contributed by atoms with van der Waals surface area (Å²) in [5, 5.41) is 18.4. The van der Waals surface area contributed by atoms with Crippen molar-refractivity contribution in [1.82, 2.24) is 9.80 Å². The van der Waals surface area contributed by atoms with Gasteiger partial charge in [0.25, 0.3) is 0 Å². The first-order valence-electron chi connectivity index (χ1n) is 9.82. The molecule has 0 saturated carbocycles. The summed E-state index contributed by atoms with van der Waals surface area (Å²) in [6.07, 6.45) is 0.720. The molecule has 2 aromatic rings. The van der Waals surface area contributed by atoms with Crippen molar-refractivity contribution >= 4 is 0 Å². The van der Waals surface area contributed by atoms with Crippen LogP contribution in [0.4, 0.5) is 4.39 Å². The van der Waals surface area contributed by atoms with Crippen LogP contribution in [0.1, 0.15) is 17.5 Å². The van der Waals surface area contributed by atoms with E-state index >= 15 is 0 Å². The van der Waals surface area contributed by atoms with E-state index in [4.69, 9.17) is 9.84 Å². The molecule has 1 aliphatic rings. The lowest BCUT2D eigenvalue weighted by atomic mass is 10.1. The lowest BCUT2D eigenvalue weighted by Crippen LogP contribution is -2.52. The summed E-state index contributed by atoms with van der Waals surface area (Å²) >= 11 is 0. The van der Waals surface area contributed by atoms with Crippen LogP contribution in [-0.4, -0.2) is 65.5 Å². The quantitative estimate of drug-likeness (QED) is 0.690. The molecule has 0 bridgehead atoms. The topological polar surface area (TPSA) is 56.2 Å². The molecule has 0 unspecified atom stereocenters. The fourth-order valence-electron chi connectivity index (χ4n) is 3.71. The predicted octanol–water partition coefficient (Wildman–Crippen LogP) is 2.27.